The summed E-state index contributed by atoms with van der Waals surface area (Å²) in [5, 5.41) is 3.88. The van der Waals surface area contributed by atoms with Crippen molar-refractivity contribution in [3.63, 3.8) is 0 Å². The van der Waals surface area contributed by atoms with Crippen molar-refractivity contribution in [3.05, 3.63) is 23.8 Å². The van der Waals surface area contributed by atoms with Gasteiger partial charge in [0.15, 0.2) is 11.5 Å². The average molecular weight is 386 g/mol. The first kappa shape index (κ1) is 18.3. The number of ether oxygens (including phenoxy) is 2. The number of hydrogen-bond acceptors (Lipinski definition) is 6. The lowest BCUT2D eigenvalue weighted by Crippen LogP contribution is -2.42. The van der Waals surface area contributed by atoms with Crippen molar-refractivity contribution in [1.82, 2.24) is 15.2 Å². The summed E-state index contributed by atoms with van der Waals surface area (Å²) in [7, 11) is 0. The van der Waals surface area contributed by atoms with Gasteiger partial charge in [-0.3, -0.25) is 14.4 Å². The number of nitrogens with zero attached hydrogens (tertiary/aromatic N) is 3. The molecular formula is C19H22N4O5. The molecule has 0 aromatic heterocycles. The Bertz CT molecular complexity index is 838. The number of benzene rings is 1. The maximum absolute atomic E-state index is 13.1. The number of para-hydroxylation sites is 1. The van der Waals surface area contributed by atoms with E-state index < -0.39 is 0 Å². The van der Waals surface area contributed by atoms with Gasteiger partial charge in [-0.2, -0.15) is 5.10 Å². The van der Waals surface area contributed by atoms with Gasteiger partial charge in [-0.25, -0.2) is 5.43 Å². The van der Waals surface area contributed by atoms with Crippen LogP contribution in [0.4, 0.5) is 0 Å². The lowest BCUT2D eigenvalue weighted by atomic mass is 10.1. The number of rotatable bonds is 2. The van der Waals surface area contributed by atoms with Crippen molar-refractivity contribution in [3.8, 4) is 11.5 Å². The minimum Gasteiger partial charge on any atom is -0.486 e. The summed E-state index contributed by atoms with van der Waals surface area (Å²) in [6, 6.07) is 5.31. The van der Waals surface area contributed by atoms with E-state index in [1.54, 1.807) is 28.0 Å². The van der Waals surface area contributed by atoms with Gasteiger partial charge in [0, 0.05) is 39.0 Å². The van der Waals surface area contributed by atoms with Crippen molar-refractivity contribution in [2.45, 2.75) is 19.3 Å². The van der Waals surface area contributed by atoms with E-state index in [9.17, 15) is 14.4 Å². The van der Waals surface area contributed by atoms with Gasteiger partial charge in [-0.05, 0) is 18.6 Å². The van der Waals surface area contributed by atoms with E-state index in [4.69, 9.17) is 9.47 Å². The average Bonchev–Trinajstić information content (AvgIpc) is 2.99. The Morgan fingerprint density at radius 1 is 0.964 bits per heavy atom. The van der Waals surface area contributed by atoms with Gasteiger partial charge in [0.2, 0.25) is 5.91 Å². The molecule has 0 unspecified atom stereocenters. The Labute approximate surface area is 162 Å². The van der Waals surface area contributed by atoms with Crippen LogP contribution in [0.3, 0.4) is 0 Å². The van der Waals surface area contributed by atoms with Gasteiger partial charge in [0.25, 0.3) is 11.8 Å². The van der Waals surface area contributed by atoms with Crippen LogP contribution >= 0.6 is 0 Å². The Morgan fingerprint density at radius 2 is 1.71 bits per heavy atom. The number of carbonyl (C=O) groups is 3. The summed E-state index contributed by atoms with van der Waals surface area (Å²) in [6.45, 7) is 2.82. The third kappa shape index (κ3) is 3.64. The molecule has 0 atom stereocenters. The predicted molar refractivity (Wildman–Crippen MR) is 99.3 cm³/mol. The molecular weight excluding hydrogens is 364 g/mol. The molecule has 0 saturated carbocycles. The van der Waals surface area contributed by atoms with Gasteiger partial charge in [-0.1, -0.05) is 6.07 Å². The highest BCUT2D eigenvalue weighted by Crippen LogP contribution is 2.34. The molecule has 1 fully saturated rings. The van der Waals surface area contributed by atoms with E-state index in [-0.39, 0.29) is 24.1 Å². The van der Waals surface area contributed by atoms with E-state index in [0.29, 0.717) is 75.0 Å². The normalized spacial score (nSPS) is 19.4. The quantitative estimate of drug-likeness (QED) is 0.793. The zero-order valence-corrected chi connectivity index (χ0v) is 15.5. The van der Waals surface area contributed by atoms with Crippen LogP contribution in [0.2, 0.25) is 0 Å². The summed E-state index contributed by atoms with van der Waals surface area (Å²) in [5.41, 5.74) is 3.20. The number of carbonyl (C=O) groups excluding carboxylic acids is 3. The summed E-state index contributed by atoms with van der Waals surface area (Å²) in [5.74, 6) is 0.591. The first-order chi connectivity index (χ1) is 13.6. The van der Waals surface area contributed by atoms with Crippen LogP contribution in [-0.2, 0) is 9.59 Å². The third-order valence-corrected chi connectivity index (χ3v) is 5.02. The van der Waals surface area contributed by atoms with Crippen LogP contribution in [0.1, 0.15) is 29.6 Å². The van der Waals surface area contributed by atoms with E-state index in [0.717, 1.165) is 0 Å². The maximum atomic E-state index is 13.1. The van der Waals surface area contributed by atoms with E-state index in [2.05, 4.69) is 10.5 Å². The zero-order valence-electron chi connectivity index (χ0n) is 15.5. The molecule has 0 radical (unpaired) electrons. The van der Waals surface area contributed by atoms with Crippen molar-refractivity contribution >= 4 is 23.4 Å². The van der Waals surface area contributed by atoms with Gasteiger partial charge in [0.05, 0.1) is 5.56 Å². The molecule has 1 N–H and O–H groups in total. The smallest absolute Gasteiger partial charge is 0.270 e. The van der Waals surface area contributed by atoms with Crippen LogP contribution in [0.25, 0.3) is 0 Å². The second kappa shape index (κ2) is 7.87. The van der Waals surface area contributed by atoms with Crippen molar-refractivity contribution < 1.29 is 23.9 Å². The fraction of sp³-hybridized carbons (Fsp3) is 0.474. The molecule has 9 heteroatoms. The fourth-order valence-electron chi connectivity index (χ4n) is 3.55. The largest absolute Gasteiger partial charge is 0.486 e. The molecule has 1 saturated heterocycles. The molecule has 148 valence electrons. The monoisotopic (exact) mass is 386 g/mol. The highest BCUT2D eigenvalue weighted by molar-refractivity contribution is 6.39. The SMILES string of the molecule is O=C1CCC(C(=O)N2CCCN(C(=O)c3cccc4c3OCCO4)CC2)=NN1. The molecule has 28 heavy (non-hydrogen) atoms. The van der Waals surface area contributed by atoms with Crippen molar-refractivity contribution in [1.29, 1.82) is 0 Å². The third-order valence-electron chi connectivity index (χ3n) is 5.02. The molecule has 0 spiro atoms. The number of fused-ring (bicyclic) bond motifs is 1. The number of nitrogens with one attached hydrogen (secondary N) is 1. The molecule has 1 aromatic carbocycles. The minimum absolute atomic E-state index is 0.126. The maximum Gasteiger partial charge on any atom is 0.270 e. The minimum atomic E-state index is -0.179. The molecule has 0 bridgehead atoms. The van der Waals surface area contributed by atoms with Crippen LogP contribution in [-0.4, -0.2) is 72.6 Å². The van der Waals surface area contributed by atoms with Gasteiger partial charge < -0.3 is 19.3 Å². The first-order valence-electron chi connectivity index (χ1n) is 9.46. The highest BCUT2D eigenvalue weighted by atomic mass is 16.6. The highest BCUT2D eigenvalue weighted by Gasteiger charge is 2.29. The lowest BCUT2D eigenvalue weighted by Gasteiger charge is -2.25. The van der Waals surface area contributed by atoms with Gasteiger partial charge >= 0.3 is 0 Å². The number of amides is 3. The molecule has 4 rings (SSSR count). The summed E-state index contributed by atoms with van der Waals surface area (Å²) >= 11 is 0. The second-order valence-corrected chi connectivity index (χ2v) is 6.86. The first-order valence-corrected chi connectivity index (χ1v) is 9.46. The summed E-state index contributed by atoms with van der Waals surface area (Å²) < 4.78 is 11.2. The van der Waals surface area contributed by atoms with E-state index in [1.807, 2.05) is 0 Å². The number of hydrogen-bond donors (Lipinski definition) is 1. The van der Waals surface area contributed by atoms with Crippen LogP contribution < -0.4 is 14.9 Å². The van der Waals surface area contributed by atoms with Crippen molar-refractivity contribution in [2.24, 2.45) is 5.10 Å². The summed E-state index contributed by atoms with van der Waals surface area (Å²) in [6.07, 6.45) is 1.28. The lowest BCUT2D eigenvalue weighted by molar-refractivity contribution is -0.124. The van der Waals surface area contributed by atoms with E-state index >= 15 is 0 Å². The fourth-order valence-corrected chi connectivity index (χ4v) is 3.55. The Kier molecular flexibility index (Phi) is 5.14. The molecule has 3 amide bonds. The second-order valence-electron chi connectivity index (χ2n) is 6.86. The molecule has 3 aliphatic heterocycles. The van der Waals surface area contributed by atoms with Crippen molar-refractivity contribution in [2.75, 3.05) is 39.4 Å². The van der Waals surface area contributed by atoms with Gasteiger partial charge in [0.1, 0.15) is 18.9 Å². The molecule has 3 heterocycles. The summed E-state index contributed by atoms with van der Waals surface area (Å²) in [4.78, 5) is 40.4. The molecule has 0 aliphatic carbocycles. The topological polar surface area (TPSA) is 101 Å². The molecule has 9 nitrogen and oxygen atoms in total. The zero-order chi connectivity index (χ0) is 19.5. The van der Waals surface area contributed by atoms with Crippen LogP contribution in [0, 0.1) is 0 Å². The molecule has 3 aliphatic rings. The Balaban J connectivity index is 1.44. The standard InChI is InChI=1S/C19H22N4O5/c24-16-6-5-14(20-21-16)19(26)23-8-2-7-22(9-10-23)18(25)13-3-1-4-15-17(13)28-12-11-27-15/h1,3-4H,2,5-12H2,(H,21,24). The Morgan fingerprint density at radius 3 is 2.46 bits per heavy atom. The van der Waals surface area contributed by atoms with Crippen LogP contribution in [0.5, 0.6) is 11.5 Å². The van der Waals surface area contributed by atoms with Crippen LogP contribution in [0.15, 0.2) is 23.3 Å². The van der Waals surface area contributed by atoms with Gasteiger partial charge in [-0.15, -0.1) is 0 Å². The number of hydrazone groups is 1. The van der Waals surface area contributed by atoms with E-state index in [1.165, 1.54) is 0 Å². The predicted octanol–water partition coefficient (Wildman–Crippen LogP) is 0.398. The molecule has 1 aromatic rings. The Hall–Kier alpha value is -3.10.